The molecule has 32 heavy (non-hydrogen) atoms. The first kappa shape index (κ1) is 24.4. The molecule has 2 aromatic rings. The molecule has 11 heteroatoms. The van der Waals surface area contributed by atoms with Gasteiger partial charge in [-0.25, -0.2) is 21.6 Å². The first-order valence-corrected chi connectivity index (χ1v) is 13.3. The maximum absolute atomic E-state index is 12.9. The zero-order valence-corrected chi connectivity index (χ0v) is 19.6. The molecule has 0 radical (unpaired) electrons. The first-order chi connectivity index (χ1) is 15.1. The summed E-state index contributed by atoms with van der Waals surface area (Å²) in [4.78, 5) is 12.6. The second-order valence-electron chi connectivity index (χ2n) is 7.23. The number of carbonyl (C=O) groups is 1. The molecular weight excluding hydrogens is 474 g/mol. The highest BCUT2D eigenvalue weighted by atomic mass is 35.5. The minimum Gasteiger partial charge on any atom is -0.322 e. The number of hydrogen-bond donors (Lipinski definition) is 2. The van der Waals surface area contributed by atoms with E-state index in [1.807, 2.05) is 0 Å². The molecule has 1 heterocycles. The Morgan fingerprint density at radius 2 is 1.78 bits per heavy atom. The lowest BCUT2D eigenvalue weighted by atomic mass is 10.2. The molecule has 3 rings (SSSR count). The summed E-state index contributed by atoms with van der Waals surface area (Å²) in [6.07, 6.45) is 4.02. The average Bonchev–Trinajstić information content (AvgIpc) is 2.78. The molecule has 1 aliphatic heterocycles. The van der Waals surface area contributed by atoms with E-state index >= 15 is 0 Å². The molecule has 2 aromatic carbocycles. The van der Waals surface area contributed by atoms with E-state index in [-0.39, 0.29) is 32.6 Å². The number of nitrogens with zero attached hydrogens (tertiary/aromatic N) is 1. The van der Waals surface area contributed by atoms with Crippen molar-refractivity contribution >= 4 is 43.2 Å². The summed E-state index contributed by atoms with van der Waals surface area (Å²) in [5.41, 5.74) is 0.329. The van der Waals surface area contributed by atoms with E-state index in [4.69, 9.17) is 11.6 Å². The van der Waals surface area contributed by atoms with Gasteiger partial charge in [0.1, 0.15) is 4.90 Å². The van der Waals surface area contributed by atoms with Crippen molar-refractivity contribution in [1.82, 2.24) is 9.03 Å². The van der Waals surface area contributed by atoms with Gasteiger partial charge in [-0.1, -0.05) is 30.2 Å². The number of anilines is 1. The molecule has 0 unspecified atom stereocenters. The normalized spacial score (nSPS) is 15.3. The molecule has 2 N–H and O–H groups in total. The van der Waals surface area contributed by atoms with E-state index in [0.717, 1.165) is 25.3 Å². The molecule has 0 spiro atoms. The maximum atomic E-state index is 12.9. The Bertz CT molecular complexity index is 1220. The van der Waals surface area contributed by atoms with Crippen molar-refractivity contribution in [3.8, 4) is 0 Å². The predicted molar refractivity (Wildman–Crippen MR) is 124 cm³/mol. The lowest BCUT2D eigenvalue weighted by Crippen LogP contribution is -2.35. The van der Waals surface area contributed by atoms with Crippen LogP contribution >= 0.6 is 11.6 Å². The van der Waals surface area contributed by atoms with Gasteiger partial charge in [-0.05, 0) is 49.2 Å². The fourth-order valence-electron chi connectivity index (χ4n) is 3.29. The molecule has 172 valence electrons. The van der Waals surface area contributed by atoms with Crippen molar-refractivity contribution in [2.24, 2.45) is 0 Å². The zero-order valence-electron chi connectivity index (χ0n) is 17.3. The van der Waals surface area contributed by atoms with E-state index < -0.39 is 26.0 Å². The van der Waals surface area contributed by atoms with Crippen LogP contribution in [0, 0.1) is 0 Å². The third-order valence-corrected chi connectivity index (χ3v) is 8.75. The number of hydrogen-bond acceptors (Lipinski definition) is 5. The van der Waals surface area contributed by atoms with Gasteiger partial charge in [-0.15, -0.1) is 6.58 Å². The number of amides is 1. The smallest absolute Gasteiger partial charge is 0.255 e. The largest absolute Gasteiger partial charge is 0.322 e. The van der Waals surface area contributed by atoms with Crippen molar-refractivity contribution in [2.75, 3.05) is 25.0 Å². The van der Waals surface area contributed by atoms with Crippen LogP contribution in [-0.2, 0) is 20.0 Å². The molecule has 0 bridgehead atoms. The van der Waals surface area contributed by atoms with Gasteiger partial charge >= 0.3 is 0 Å². The van der Waals surface area contributed by atoms with E-state index in [1.165, 1.54) is 34.6 Å². The van der Waals surface area contributed by atoms with Gasteiger partial charge in [0.05, 0.1) is 9.92 Å². The van der Waals surface area contributed by atoms with Crippen LogP contribution in [0.5, 0.6) is 0 Å². The van der Waals surface area contributed by atoms with Crippen molar-refractivity contribution in [3.63, 3.8) is 0 Å². The van der Waals surface area contributed by atoms with Gasteiger partial charge in [0.2, 0.25) is 20.0 Å². The summed E-state index contributed by atoms with van der Waals surface area (Å²) in [5, 5.41) is 2.58. The van der Waals surface area contributed by atoms with Gasteiger partial charge in [0.25, 0.3) is 5.91 Å². The third-order valence-electron chi connectivity index (χ3n) is 4.95. The van der Waals surface area contributed by atoms with Crippen LogP contribution in [0.4, 0.5) is 5.69 Å². The molecule has 0 atom stereocenters. The highest BCUT2D eigenvalue weighted by molar-refractivity contribution is 7.89. The Hall–Kier alpha value is -2.24. The summed E-state index contributed by atoms with van der Waals surface area (Å²) in [5.74, 6) is -0.602. The molecule has 0 aromatic heterocycles. The molecule has 0 aliphatic carbocycles. The lowest BCUT2D eigenvalue weighted by Gasteiger charge is -2.26. The first-order valence-electron chi connectivity index (χ1n) is 9.97. The number of carbonyl (C=O) groups excluding carboxylic acids is 1. The molecule has 1 saturated heterocycles. The second-order valence-corrected chi connectivity index (χ2v) is 11.3. The fourth-order valence-corrected chi connectivity index (χ4v) is 6.37. The van der Waals surface area contributed by atoms with Crippen LogP contribution in [-0.4, -0.2) is 46.7 Å². The van der Waals surface area contributed by atoms with Crippen molar-refractivity contribution in [1.29, 1.82) is 0 Å². The van der Waals surface area contributed by atoms with Crippen LogP contribution in [0.3, 0.4) is 0 Å². The number of benzene rings is 2. The SMILES string of the molecule is C=CCNS(=O)(=O)c1cc(C(=O)Nc2cccc(S(=O)(=O)N3CCCCC3)c2)ccc1Cl. The standard InChI is InChI=1S/C21H24ClN3O5S2/c1-2-11-23-31(27,28)20-14-16(9-10-19(20)22)21(26)24-17-7-6-8-18(15-17)32(29,30)25-12-4-3-5-13-25/h2,6-10,14-15,23H,1,3-5,11-13H2,(H,24,26). The van der Waals surface area contributed by atoms with Gasteiger partial charge in [0, 0.05) is 30.9 Å². The Morgan fingerprint density at radius 1 is 1.06 bits per heavy atom. The Morgan fingerprint density at radius 3 is 2.47 bits per heavy atom. The highest BCUT2D eigenvalue weighted by Crippen LogP contribution is 2.25. The van der Waals surface area contributed by atoms with Gasteiger partial charge in [-0.2, -0.15) is 4.31 Å². The minimum atomic E-state index is -3.94. The van der Waals surface area contributed by atoms with Crippen molar-refractivity contribution < 1.29 is 21.6 Å². The molecular formula is C21H24ClN3O5S2. The lowest BCUT2D eigenvalue weighted by molar-refractivity contribution is 0.102. The van der Waals surface area contributed by atoms with Crippen LogP contribution in [0.2, 0.25) is 5.02 Å². The quantitative estimate of drug-likeness (QED) is 0.544. The zero-order chi connectivity index (χ0) is 23.4. The maximum Gasteiger partial charge on any atom is 0.255 e. The molecule has 1 fully saturated rings. The van der Waals surface area contributed by atoms with Crippen LogP contribution in [0.25, 0.3) is 0 Å². The Kier molecular flexibility index (Phi) is 7.73. The van der Waals surface area contributed by atoms with Crippen LogP contribution in [0.15, 0.2) is 64.9 Å². The molecule has 8 nitrogen and oxygen atoms in total. The Labute approximate surface area is 193 Å². The fraction of sp³-hybridized carbons (Fsp3) is 0.286. The molecule has 0 saturated carbocycles. The van der Waals surface area contributed by atoms with Crippen molar-refractivity contribution in [2.45, 2.75) is 29.1 Å². The summed E-state index contributed by atoms with van der Waals surface area (Å²) in [6, 6.07) is 9.85. The van der Waals surface area contributed by atoms with E-state index in [0.29, 0.717) is 13.1 Å². The van der Waals surface area contributed by atoms with Crippen LogP contribution in [0.1, 0.15) is 29.6 Å². The van der Waals surface area contributed by atoms with Crippen LogP contribution < -0.4 is 10.0 Å². The van der Waals surface area contributed by atoms with Gasteiger partial charge < -0.3 is 5.32 Å². The topological polar surface area (TPSA) is 113 Å². The van der Waals surface area contributed by atoms with Gasteiger partial charge in [-0.3, -0.25) is 4.79 Å². The number of rotatable bonds is 8. The minimum absolute atomic E-state index is 0.00731. The number of sulfonamides is 2. The van der Waals surface area contributed by atoms with Crippen molar-refractivity contribution in [3.05, 3.63) is 65.7 Å². The summed E-state index contributed by atoms with van der Waals surface area (Å²) in [7, 11) is -7.60. The predicted octanol–water partition coefficient (Wildman–Crippen LogP) is 3.23. The van der Waals surface area contributed by atoms with E-state index in [9.17, 15) is 21.6 Å². The highest BCUT2D eigenvalue weighted by Gasteiger charge is 2.26. The third kappa shape index (κ3) is 5.57. The summed E-state index contributed by atoms with van der Waals surface area (Å²) >= 11 is 6.02. The molecule has 1 amide bonds. The van der Waals surface area contributed by atoms with E-state index in [2.05, 4.69) is 16.6 Å². The van der Waals surface area contributed by atoms with Gasteiger partial charge in [0.15, 0.2) is 0 Å². The summed E-state index contributed by atoms with van der Waals surface area (Å²) < 4.78 is 54.3. The van der Waals surface area contributed by atoms with E-state index in [1.54, 1.807) is 12.1 Å². The molecule has 1 aliphatic rings. The number of nitrogens with one attached hydrogen (secondary N) is 2. The second kappa shape index (κ2) is 10.1. The summed E-state index contributed by atoms with van der Waals surface area (Å²) in [6.45, 7) is 4.41. The Balaban J connectivity index is 1.83. The number of piperidine rings is 1. The average molecular weight is 498 g/mol. The number of halogens is 1. The monoisotopic (exact) mass is 497 g/mol.